The van der Waals surface area contributed by atoms with E-state index in [0.717, 1.165) is 16.7 Å². The summed E-state index contributed by atoms with van der Waals surface area (Å²) in [7, 11) is 3.11. The molecule has 0 saturated carbocycles. The maximum Gasteiger partial charge on any atom is 0.244 e. The molecular formula is C26H26BrClN2O5. The maximum absolute atomic E-state index is 12.3. The highest BCUT2D eigenvalue weighted by Gasteiger charge is 2.13. The van der Waals surface area contributed by atoms with Gasteiger partial charge in [0, 0.05) is 10.6 Å². The summed E-state index contributed by atoms with van der Waals surface area (Å²) in [6.07, 6.45) is 1.68. The number of carbonyl (C=O) groups excluding carboxylic acids is 1. The zero-order chi connectivity index (χ0) is 25.2. The number of methoxy groups -OCH3 is 2. The smallest absolute Gasteiger partial charge is 0.244 e. The topological polar surface area (TPSA) is 78.4 Å². The Morgan fingerprint density at radius 3 is 2.51 bits per heavy atom. The van der Waals surface area contributed by atoms with E-state index in [1.165, 1.54) is 6.21 Å². The van der Waals surface area contributed by atoms with Crippen molar-refractivity contribution in [1.29, 1.82) is 0 Å². The number of ether oxygens (including phenoxy) is 4. The third kappa shape index (κ3) is 7.37. The molecule has 3 aromatic carbocycles. The number of benzene rings is 3. The first kappa shape index (κ1) is 26.4. The van der Waals surface area contributed by atoms with Crippen molar-refractivity contribution in [2.45, 2.75) is 20.0 Å². The third-order valence-corrected chi connectivity index (χ3v) is 5.83. The predicted octanol–water partition coefficient (Wildman–Crippen LogP) is 5.79. The summed E-state index contributed by atoms with van der Waals surface area (Å²) >= 11 is 9.77. The monoisotopic (exact) mass is 560 g/mol. The second kappa shape index (κ2) is 13.0. The number of amides is 1. The molecule has 9 heteroatoms. The molecular weight excluding hydrogens is 536 g/mol. The Labute approximate surface area is 218 Å². The van der Waals surface area contributed by atoms with Crippen LogP contribution in [0.25, 0.3) is 0 Å². The van der Waals surface area contributed by atoms with E-state index in [9.17, 15) is 4.79 Å². The fourth-order valence-corrected chi connectivity index (χ4v) is 3.99. The Hall–Kier alpha value is -3.23. The van der Waals surface area contributed by atoms with E-state index in [1.807, 2.05) is 37.3 Å². The van der Waals surface area contributed by atoms with Crippen LogP contribution in [0.5, 0.6) is 23.0 Å². The van der Waals surface area contributed by atoms with E-state index in [4.69, 9.17) is 30.5 Å². The van der Waals surface area contributed by atoms with Crippen LogP contribution in [0.3, 0.4) is 0 Å². The molecule has 0 saturated heterocycles. The number of nitrogens with zero attached hydrogens (tertiary/aromatic N) is 1. The van der Waals surface area contributed by atoms with Crippen molar-refractivity contribution in [1.82, 2.24) is 5.43 Å². The molecule has 0 spiro atoms. The Balaban J connectivity index is 1.66. The summed E-state index contributed by atoms with van der Waals surface area (Å²) < 4.78 is 22.9. The average molecular weight is 562 g/mol. The van der Waals surface area contributed by atoms with Crippen LogP contribution < -0.4 is 24.4 Å². The van der Waals surface area contributed by atoms with Gasteiger partial charge in [-0.15, -0.1) is 0 Å². The van der Waals surface area contributed by atoms with Crippen LogP contribution in [0.1, 0.15) is 23.6 Å². The van der Waals surface area contributed by atoms with E-state index in [1.54, 1.807) is 38.5 Å². The van der Waals surface area contributed by atoms with Crippen LogP contribution in [-0.4, -0.2) is 32.9 Å². The van der Waals surface area contributed by atoms with Crippen molar-refractivity contribution in [3.8, 4) is 23.0 Å². The van der Waals surface area contributed by atoms with Gasteiger partial charge in [0.05, 0.1) is 37.9 Å². The predicted molar refractivity (Wildman–Crippen MR) is 140 cm³/mol. The number of hydrogen-bond donors (Lipinski definition) is 1. The number of carbonyl (C=O) groups is 1. The lowest BCUT2D eigenvalue weighted by Crippen LogP contribution is -2.19. The van der Waals surface area contributed by atoms with Gasteiger partial charge in [0.2, 0.25) is 5.91 Å². The molecule has 0 heterocycles. The standard InChI is InChI=1S/C26H26BrClN2O5/c1-4-34-24-13-18(11-20(27)26(24)35-16-19-7-5-6-8-21(19)28)15-29-30-25(31)14-17-9-10-22(32-2)23(12-17)33-3/h5-13,15H,4,14,16H2,1-3H3,(H,30,31)/b29-15+. The molecule has 0 bridgehead atoms. The van der Waals surface area contributed by atoms with E-state index in [-0.39, 0.29) is 18.9 Å². The van der Waals surface area contributed by atoms with Crippen LogP contribution in [0.2, 0.25) is 5.02 Å². The van der Waals surface area contributed by atoms with Gasteiger partial charge in [0.25, 0.3) is 0 Å². The first-order chi connectivity index (χ1) is 16.9. The normalized spacial score (nSPS) is 10.8. The molecule has 0 aliphatic heterocycles. The van der Waals surface area contributed by atoms with Gasteiger partial charge in [-0.25, -0.2) is 5.43 Å². The molecule has 0 aromatic heterocycles. The minimum atomic E-state index is -0.266. The van der Waals surface area contributed by atoms with Crippen molar-refractivity contribution in [2.24, 2.45) is 5.10 Å². The second-order valence-corrected chi connectivity index (χ2v) is 8.56. The van der Waals surface area contributed by atoms with E-state index in [2.05, 4.69) is 26.5 Å². The van der Waals surface area contributed by atoms with Gasteiger partial charge in [-0.05, 0) is 64.3 Å². The molecule has 0 aliphatic carbocycles. The highest BCUT2D eigenvalue weighted by atomic mass is 79.9. The molecule has 1 N–H and O–H groups in total. The molecule has 0 fully saturated rings. The Morgan fingerprint density at radius 2 is 1.80 bits per heavy atom. The summed E-state index contributed by atoms with van der Waals surface area (Å²) in [5.74, 6) is 2.00. The highest BCUT2D eigenvalue weighted by Crippen LogP contribution is 2.37. The van der Waals surface area contributed by atoms with Gasteiger partial charge in [0.1, 0.15) is 6.61 Å². The molecule has 0 unspecified atom stereocenters. The molecule has 3 aromatic rings. The van der Waals surface area contributed by atoms with Gasteiger partial charge < -0.3 is 18.9 Å². The van der Waals surface area contributed by atoms with Crippen LogP contribution in [0.4, 0.5) is 0 Å². The number of halogens is 2. The lowest BCUT2D eigenvalue weighted by molar-refractivity contribution is -0.120. The van der Waals surface area contributed by atoms with E-state index < -0.39 is 0 Å². The van der Waals surface area contributed by atoms with Gasteiger partial charge in [-0.2, -0.15) is 5.10 Å². The van der Waals surface area contributed by atoms with Crippen LogP contribution in [0, 0.1) is 0 Å². The van der Waals surface area contributed by atoms with Gasteiger partial charge >= 0.3 is 0 Å². The van der Waals surface area contributed by atoms with Crippen LogP contribution in [0.15, 0.2) is 64.2 Å². The van der Waals surface area contributed by atoms with Crippen molar-refractivity contribution in [3.05, 3.63) is 80.8 Å². The molecule has 35 heavy (non-hydrogen) atoms. The van der Waals surface area contributed by atoms with Crippen LogP contribution in [-0.2, 0) is 17.8 Å². The number of nitrogens with one attached hydrogen (secondary N) is 1. The summed E-state index contributed by atoms with van der Waals surface area (Å²) in [6.45, 7) is 2.64. The molecule has 7 nitrogen and oxygen atoms in total. The molecule has 0 radical (unpaired) electrons. The SMILES string of the molecule is CCOc1cc(/C=N/NC(=O)Cc2ccc(OC)c(OC)c2)cc(Br)c1OCc1ccccc1Cl. The van der Waals surface area contributed by atoms with E-state index >= 15 is 0 Å². The largest absolute Gasteiger partial charge is 0.493 e. The van der Waals surface area contributed by atoms with E-state index in [0.29, 0.717) is 39.1 Å². The first-order valence-corrected chi connectivity index (χ1v) is 12.0. The Morgan fingerprint density at radius 1 is 1.03 bits per heavy atom. The zero-order valence-electron chi connectivity index (χ0n) is 19.6. The van der Waals surface area contributed by atoms with Gasteiger partial charge in [0.15, 0.2) is 23.0 Å². The van der Waals surface area contributed by atoms with Crippen LogP contribution >= 0.6 is 27.5 Å². The minimum absolute atomic E-state index is 0.139. The van der Waals surface area contributed by atoms with Crippen molar-refractivity contribution in [3.63, 3.8) is 0 Å². The first-order valence-electron chi connectivity index (χ1n) is 10.8. The molecule has 0 aliphatic rings. The summed E-state index contributed by atoms with van der Waals surface area (Å²) in [6, 6.07) is 16.4. The lowest BCUT2D eigenvalue weighted by Gasteiger charge is -2.15. The van der Waals surface area contributed by atoms with Crippen molar-refractivity contribution in [2.75, 3.05) is 20.8 Å². The average Bonchev–Trinajstić information content (AvgIpc) is 2.84. The second-order valence-electron chi connectivity index (χ2n) is 7.30. The Bertz CT molecular complexity index is 1200. The Kier molecular flexibility index (Phi) is 9.81. The highest BCUT2D eigenvalue weighted by molar-refractivity contribution is 9.10. The molecule has 1 amide bonds. The lowest BCUT2D eigenvalue weighted by atomic mass is 10.1. The molecule has 0 atom stereocenters. The molecule has 184 valence electrons. The molecule has 3 rings (SSSR count). The van der Waals surface area contributed by atoms with Crippen molar-refractivity contribution < 1.29 is 23.7 Å². The quantitative estimate of drug-likeness (QED) is 0.237. The number of rotatable bonds is 11. The summed E-state index contributed by atoms with van der Waals surface area (Å²) in [5.41, 5.74) is 4.90. The van der Waals surface area contributed by atoms with Crippen molar-refractivity contribution >= 4 is 39.7 Å². The third-order valence-electron chi connectivity index (χ3n) is 4.88. The summed E-state index contributed by atoms with van der Waals surface area (Å²) in [4.78, 5) is 12.3. The fraction of sp³-hybridized carbons (Fsp3) is 0.231. The number of hydrogen-bond acceptors (Lipinski definition) is 6. The summed E-state index contributed by atoms with van der Waals surface area (Å²) in [5, 5.41) is 4.71. The maximum atomic E-state index is 12.3. The minimum Gasteiger partial charge on any atom is -0.493 e. The number of hydrazone groups is 1. The zero-order valence-corrected chi connectivity index (χ0v) is 22.0. The van der Waals surface area contributed by atoms with Gasteiger partial charge in [-0.1, -0.05) is 35.9 Å². The van der Waals surface area contributed by atoms with Gasteiger partial charge in [-0.3, -0.25) is 4.79 Å². The fourth-order valence-electron chi connectivity index (χ4n) is 3.23.